The molecule has 2 N–H and O–H groups in total. The molecule has 0 amide bonds. The zero-order chi connectivity index (χ0) is 15.2. The molecule has 0 saturated heterocycles. The highest BCUT2D eigenvalue weighted by Gasteiger charge is 1.86. The molecule has 1 unspecified atom stereocenters. The number of nitrogens with one attached hydrogen (secondary N) is 2. The minimum absolute atomic E-state index is 0.750. The largest absolute Gasteiger partial charge is 0.379 e. The van der Waals surface area contributed by atoms with Gasteiger partial charge in [0.05, 0.1) is 0 Å². The van der Waals surface area contributed by atoms with Crippen LogP contribution in [-0.2, 0) is 14.2 Å². The monoisotopic (exact) mass is 283 g/mol. The SMILES string of the molecule is FC(F)F.N=C=O.N=C=O.O=[PH2+].c1ccccc1. The lowest BCUT2D eigenvalue weighted by molar-refractivity contribution is 0.00819. The molecule has 0 saturated carbocycles. The lowest BCUT2D eigenvalue weighted by Gasteiger charge is -1.69. The van der Waals surface area contributed by atoms with E-state index < -0.39 is 6.68 Å². The summed E-state index contributed by atoms with van der Waals surface area (Å²) < 4.78 is 37.2. The lowest BCUT2D eigenvalue weighted by atomic mass is 10.4. The van der Waals surface area contributed by atoms with E-state index in [1.807, 2.05) is 36.4 Å². The second kappa shape index (κ2) is 36.4. The molecule has 0 aliphatic heterocycles. The van der Waals surface area contributed by atoms with E-state index in [2.05, 4.69) is 0 Å². The summed E-state index contributed by atoms with van der Waals surface area (Å²) in [6, 6.07) is 12.0. The van der Waals surface area contributed by atoms with Gasteiger partial charge in [-0.25, -0.2) is 20.4 Å². The number of halogens is 3. The van der Waals surface area contributed by atoms with Crippen LogP contribution in [-0.4, -0.2) is 18.8 Å². The van der Waals surface area contributed by atoms with Gasteiger partial charge in [-0.1, -0.05) is 41.0 Å². The van der Waals surface area contributed by atoms with Crippen molar-refractivity contribution in [1.29, 1.82) is 10.8 Å². The van der Waals surface area contributed by atoms with Crippen molar-refractivity contribution in [1.82, 2.24) is 0 Å². The Hall–Kier alpha value is -2.13. The first kappa shape index (κ1) is 24.9. The number of carbonyl (C=O) groups excluding carboxylic acids is 2. The van der Waals surface area contributed by atoms with Gasteiger partial charge in [-0.15, -0.1) is 0 Å². The van der Waals surface area contributed by atoms with Crippen LogP contribution in [0.5, 0.6) is 0 Å². The molecule has 1 atom stereocenters. The van der Waals surface area contributed by atoms with E-state index in [1.165, 1.54) is 9.12 Å². The lowest BCUT2D eigenvalue weighted by Crippen LogP contribution is -1.65. The molecular formula is C9H11F3N2O3P+. The number of hydrogen-bond acceptors (Lipinski definition) is 5. The zero-order valence-electron chi connectivity index (χ0n) is 8.98. The molecular weight excluding hydrogens is 272 g/mol. The van der Waals surface area contributed by atoms with E-state index in [0.717, 1.165) is 12.2 Å². The van der Waals surface area contributed by atoms with E-state index in [9.17, 15) is 13.2 Å². The van der Waals surface area contributed by atoms with Crippen molar-refractivity contribution in [3.8, 4) is 0 Å². The number of rotatable bonds is 0. The first-order valence-corrected chi connectivity index (χ1v) is 4.27. The van der Waals surface area contributed by atoms with Crippen LogP contribution in [0.2, 0.25) is 0 Å². The van der Waals surface area contributed by atoms with Crippen LogP contribution in [0.1, 0.15) is 0 Å². The van der Waals surface area contributed by atoms with Crippen LogP contribution in [0, 0.1) is 10.8 Å². The number of benzene rings is 1. The van der Waals surface area contributed by atoms with Gasteiger partial charge in [-0.2, -0.15) is 13.2 Å². The molecule has 0 aromatic heterocycles. The maximum Gasteiger partial charge on any atom is 0.379 e. The summed E-state index contributed by atoms with van der Waals surface area (Å²) >= 11 is 0. The Morgan fingerprint density at radius 1 is 0.778 bits per heavy atom. The van der Waals surface area contributed by atoms with E-state index in [0.29, 0.717) is 0 Å². The van der Waals surface area contributed by atoms with E-state index in [-0.39, 0.29) is 0 Å². The van der Waals surface area contributed by atoms with E-state index >= 15 is 0 Å². The predicted octanol–water partition coefficient (Wildman–Crippen LogP) is 2.87. The van der Waals surface area contributed by atoms with Gasteiger partial charge in [-0.05, 0) is 0 Å². The van der Waals surface area contributed by atoms with Crippen molar-refractivity contribution in [3.05, 3.63) is 36.4 Å². The molecule has 0 bridgehead atoms. The fourth-order valence-electron chi connectivity index (χ4n) is 0.385. The Balaban J connectivity index is -0.0000000730. The van der Waals surface area contributed by atoms with E-state index in [4.69, 9.17) is 25.0 Å². The van der Waals surface area contributed by atoms with E-state index in [1.54, 1.807) is 0 Å². The van der Waals surface area contributed by atoms with Crippen LogP contribution in [0.15, 0.2) is 36.4 Å². The molecule has 0 heterocycles. The third-order valence-corrected chi connectivity index (χ3v) is 0.667. The summed E-state index contributed by atoms with van der Waals surface area (Å²) in [5.41, 5.74) is 0. The Labute approximate surface area is 103 Å². The van der Waals surface area contributed by atoms with Crippen molar-refractivity contribution < 1.29 is 27.3 Å². The second-order valence-corrected chi connectivity index (χ2v) is 1.61. The van der Waals surface area contributed by atoms with Crippen LogP contribution in [0.25, 0.3) is 0 Å². The van der Waals surface area contributed by atoms with Crippen LogP contribution in [0.4, 0.5) is 13.2 Å². The van der Waals surface area contributed by atoms with Crippen LogP contribution in [0.3, 0.4) is 0 Å². The topological polar surface area (TPSA) is 98.9 Å². The molecule has 1 aromatic carbocycles. The summed E-state index contributed by atoms with van der Waals surface area (Å²) in [6.07, 6.45) is 1.50. The molecule has 100 valence electrons. The summed E-state index contributed by atoms with van der Waals surface area (Å²) in [4.78, 5) is 16.7. The molecule has 5 nitrogen and oxygen atoms in total. The van der Waals surface area contributed by atoms with Gasteiger partial charge in [-0.3, -0.25) is 0 Å². The number of alkyl halides is 3. The number of hydrogen-bond donors (Lipinski definition) is 2. The van der Waals surface area contributed by atoms with Gasteiger partial charge in [0.15, 0.2) is 0 Å². The van der Waals surface area contributed by atoms with Crippen molar-refractivity contribution in [2.75, 3.05) is 0 Å². The van der Waals surface area contributed by atoms with Gasteiger partial charge in [0.2, 0.25) is 12.2 Å². The van der Waals surface area contributed by atoms with Gasteiger partial charge >= 0.3 is 15.8 Å². The third-order valence-electron chi connectivity index (χ3n) is 0.667. The third kappa shape index (κ3) is 153. The first-order chi connectivity index (χ1) is 8.56. The van der Waals surface area contributed by atoms with Gasteiger partial charge in [0.1, 0.15) is 0 Å². The number of isocyanates is 2. The Morgan fingerprint density at radius 2 is 0.833 bits per heavy atom. The minimum Gasteiger partial charge on any atom is -0.222 e. The van der Waals surface area contributed by atoms with Gasteiger partial charge < -0.3 is 0 Å². The quantitative estimate of drug-likeness (QED) is 0.435. The average molecular weight is 283 g/mol. The molecule has 0 radical (unpaired) electrons. The predicted molar refractivity (Wildman–Crippen MR) is 60.8 cm³/mol. The van der Waals surface area contributed by atoms with Gasteiger partial charge in [0, 0.05) is 0 Å². The molecule has 1 aromatic rings. The fourth-order valence-corrected chi connectivity index (χ4v) is 0.385. The van der Waals surface area contributed by atoms with Gasteiger partial charge in [0.25, 0.3) is 0 Å². The second-order valence-electron chi connectivity index (χ2n) is 1.61. The smallest absolute Gasteiger partial charge is 0.222 e. The molecule has 18 heavy (non-hydrogen) atoms. The Morgan fingerprint density at radius 3 is 0.889 bits per heavy atom. The fraction of sp³-hybridized carbons (Fsp3) is 0.111. The Kier molecular flexibility index (Phi) is 50.3. The molecule has 0 aliphatic rings. The first-order valence-electron chi connectivity index (χ1n) is 3.80. The normalized spacial score (nSPS) is 5.78. The highest BCUT2D eigenvalue weighted by Crippen LogP contribution is 1.87. The molecule has 0 fully saturated rings. The maximum absolute atomic E-state index is 9.67. The molecule has 1 rings (SSSR count). The summed E-state index contributed by atoms with van der Waals surface area (Å²) in [7, 11) is 1.17. The minimum atomic E-state index is -3.67. The zero-order valence-corrected chi connectivity index (χ0v) is 10.1. The van der Waals surface area contributed by atoms with Crippen LogP contribution >= 0.6 is 9.12 Å². The summed E-state index contributed by atoms with van der Waals surface area (Å²) in [5.74, 6) is 0. The highest BCUT2D eigenvalue weighted by molar-refractivity contribution is 7.00. The van der Waals surface area contributed by atoms with Crippen LogP contribution < -0.4 is 0 Å². The highest BCUT2D eigenvalue weighted by atomic mass is 31.0. The van der Waals surface area contributed by atoms with Crippen molar-refractivity contribution in [3.63, 3.8) is 0 Å². The summed E-state index contributed by atoms with van der Waals surface area (Å²) in [5, 5.41) is 10.8. The Bertz CT molecular complexity index is 262. The maximum atomic E-state index is 9.67. The molecule has 9 heteroatoms. The molecule has 0 aliphatic carbocycles. The van der Waals surface area contributed by atoms with Crippen molar-refractivity contribution in [2.24, 2.45) is 0 Å². The summed E-state index contributed by atoms with van der Waals surface area (Å²) in [6.45, 7) is -3.67. The molecule has 0 spiro atoms. The van der Waals surface area contributed by atoms with Crippen molar-refractivity contribution >= 4 is 21.3 Å². The average Bonchev–Trinajstić information content (AvgIpc) is 2.35. The standard InChI is InChI=1S/C6H6.CHF3.2CHNO.H2OP/c1-2-4-6-5-3-1;2-1(3)4;2*2-1-3;1-2/h1-6H;1H;2*2H;2H2/q;;;;+1. The van der Waals surface area contributed by atoms with Crippen molar-refractivity contribution in [2.45, 2.75) is 6.68 Å².